The van der Waals surface area contributed by atoms with E-state index >= 15 is 0 Å². The molecular formula is C9H12ClN3O3S. The highest BCUT2D eigenvalue weighted by atomic mass is 35.5. The summed E-state index contributed by atoms with van der Waals surface area (Å²) in [5, 5.41) is 7.60. The predicted molar refractivity (Wildman–Crippen MR) is 66.2 cm³/mol. The van der Waals surface area contributed by atoms with E-state index in [1.807, 2.05) is 0 Å². The number of primary sulfonamides is 1. The summed E-state index contributed by atoms with van der Waals surface area (Å²) in [7, 11) is -3.59. The van der Waals surface area contributed by atoms with E-state index in [1.165, 1.54) is 18.2 Å². The maximum absolute atomic E-state index is 11.6. The summed E-state index contributed by atoms with van der Waals surface area (Å²) in [4.78, 5) is 11.6. The van der Waals surface area contributed by atoms with Gasteiger partial charge >= 0.3 is 0 Å². The summed E-state index contributed by atoms with van der Waals surface area (Å²) in [6.07, 6.45) is 0. The van der Waals surface area contributed by atoms with Crippen LogP contribution in [0, 0.1) is 0 Å². The number of nitrogens with two attached hydrogens (primary N) is 2. The Labute approximate surface area is 104 Å². The molecule has 17 heavy (non-hydrogen) atoms. The number of hydrogen-bond donors (Lipinski definition) is 3. The standard InChI is InChI=1S/C9H12ClN3O3S/c10-6-1-2-7(8(11)5-6)9(14)13-3-4-17(12,15)16/h1-2,5H,3-4,11H2,(H,13,14)(H2,12,15,16). The van der Waals surface area contributed by atoms with Crippen LogP contribution in [0.2, 0.25) is 5.02 Å². The molecule has 0 saturated carbocycles. The van der Waals surface area contributed by atoms with Crippen LogP contribution in [0.5, 0.6) is 0 Å². The van der Waals surface area contributed by atoms with Crippen molar-refractivity contribution in [2.24, 2.45) is 5.14 Å². The van der Waals surface area contributed by atoms with Gasteiger partial charge in [-0.25, -0.2) is 13.6 Å². The maximum atomic E-state index is 11.6. The van der Waals surface area contributed by atoms with Gasteiger partial charge < -0.3 is 11.1 Å². The zero-order chi connectivity index (χ0) is 13.1. The van der Waals surface area contributed by atoms with E-state index in [0.29, 0.717) is 5.02 Å². The molecule has 1 aromatic rings. The Morgan fingerprint density at radius 3 is 2.59 bits per heavy atom. The van der Waals surface area contributed by atoms with Crippen molar-refractivity contribution in [3.8, 4) is 0 Å². The first-order valence-electron chi connectivity index (χ1n) is 4.63. The topological polar surface area (TPSA) is 115 Å². The molecule has 5 N–H and O–H groups in total. The lowest BCUT2D eigenvalue weighted by Crippen LogP contribution is -2.31. The number of anilines is 1. The van der Waals surface area contributed by atoms with Gasteiger partial charge in [0, 0.05) is 17.3 Å². The van der Waals surface area contributed by atoms with E-state index in [1.54, 1.807) is 0 Å². The third-order valence-electron chi connectivity index (χ3n) is 1.93. The molecule has 0 radical (unpaired) electrons. The number of carbonyl (C=O) groups is 1. The van der Waals surface area contributed by atoms with Crippen molar-refractivity contribution in [3.63, 3.8) is 0 Å². The van der Waals surface area contributed by atoms with Crippen LogP contribution in [0.1, 0.15) is 10.4 Å². The number of rotatable bonds is 4. The molecule has 0 heterocycles. The molecule has 1 aromatic carbocycles. The van der Waals surface area contributed by atoms with E-state index < -0.39 is 15.9 Å². The number of carbonyl (C=O) groups excluding carboxylic acids is 1. The second kappa shape index (κ2) is 5.35. The van der Waals surface area contributed by atoms with Gasteiger partial charge in [0.25, 0.3) is 5.91 Å². The quantitative estimate of drug-likeness (QED) is 0.669. The lowest BCUT2D eigenvalue weighted by atomic mass is 10.1. The van der Waals surface area contributed by atoms with Crippen LogP contribution in [-0.4, -0.2) is 26.6 Å². The van der Waals surface area contributed by atoms with Crippen molar-refractivity contribution in [2.75, 3.05) is 18.0 Å². The van der Waals surface area contributed by atoms with Gasteiger partial charge in [0.15, 0.2) is 0 Å². The third-order valence-corrected chi connectivity index (χ3v) is 2.94. The van der Waals surface area contributed by atoms with Crippen molar-refractivity contribution in [1.82, 2.24) is 5.32 Å². The summed E-state index contributed by atoms with van der Waals surface area (Å²) < 4.78 is 21.3. The van der Waals surface area contributed by atoms with Gasteiger partial charge in [-0.3, -0.25) is 4.79 Å². The highest BCUT2D eigenvalue weighted by Gasteiger charge is 2.10. The summed E-state index contributed by atoms with van der Waals surface area (Å²) >= 11 is 5.68. The van der Waals surface area contributed by atoms with Crippen LogP contribution in [-0.2, 0) is 10.0 Å². The summed E-state index contributed by atoms with van der Waals surface area (Å²) in [6.45, 7) is -0.0697. The smallest absolute Gasteiger partial charge is 0.253 e. The molecule has 0 bridgehead atoms. The normalized spacial score (nSPS) is 11.2. The average Bonchev–Trinajstić information content (AvgIpc) is 2.15. The summed E-state index contributed by atoms with van der Waals surface area (Å²) in [5.74, 6) is -0.797. The van der Waals surface area contributed by atoms with Crippen molar-refractivity contribution < 1.29 is 13.2 Å². The van der Waals surface area contributed by atoms with Crippen molar-refractivity contribution in [2.45, 2.75) is 0 Å². The van der Waals surface area contributed by atoms with Gasteiger partial charge in [-0.1, -0.05) is 11.6 Å². The summed E-state index contributed by atoms with van der Waals surface area (Å²) in [5.41, 5.74) is 6.06. The maximum Gasteiger partial charge on any atom is 0.253 e. The van der Waals surface area contributed by atoms with Crippen LogP contribution in [0.15, 0.2) is 18.2 Å². The van der Waals surface area contributed by atoms with E-state index in [0.717, 1.165) is 0 Å². The second-order valence-corrected chi connectivity index (χ2v) is 5.52. The van der Waals surface area contributed by atoms with Gasteiger partial charge in [0.1, 0.15) is 0 Å². The molecule has 0 fully saturated rings. The molecule has 1 rings (SSSR count). The molecule has 0 aliphatic heterocycles. The Kier molecular flexibility index (Phi) is 4.33. The van der Waals surface area contributed by atoms with E-state index in [2.05, 4.69) is 5.32 Å². The van der Waals surface area contributed by atoms with Gasteiger partial charge in [0.2, 0.25) is 10.0 Å². The summed E-state index contributed by atoms with van der Waals surface area (Å²) in [6, 6.07) is 4.42. The molecule has 0 saturated heterocycles. The first kappa shape index (κ1) is 13.8. The highest BCUT2D eigenvalue weighted by Crippen LogP contribution is 2.17. The van der Waals surface area contributed by atoms with Gasteiger partial charge in [-0.2, -0.15) is 0 Å². The fraction of sp³-hybridized carbons (Fsp3) is 0.222. The van der Waals surface area contributed by atoms with Crippen molar-refractivity contribution in [1.29, 1.82) is 0 Å². The number of nitrogens with one attached hydrogen (secondary N) is 1. The lowest BCUT2D eigenvalue weighted by molar-refractivity contribution is 0.0957. The highest BCUT2D eigenvalue weighted by molar-refractivity contribution is 7.89. The molecule has 8 heteroatoms. The number of amides is 1. The number of benzene rings is 1. The van der Waals surface area contributed by atoms with Crippen molar-refractivity contribution in [3.05, 3.63) is 28.8 Å². The monoisotopic (exact) mass is 277 g/mol. The Bertz CT molecular complexity index is 530. The molecular weight excluding hydrogens is 266 g/mol. The zero-order valence-corrected chi connectivity index (χ0v) is 10.4. The van der Waals surface area contributed by atoms with Crippen LogP contribution in [0.4, 0.5) is 5.69 Å². The molecule has 0 aliphatic carbocycles. The fourth-order valence-corrected chi connectivity index (χ4v) is 1.71. The number of sulfonamides is 1. The van der Waals surface area contributed by atoms with E-state index in [-0.39, 0.29) is 23.5 Å². The Hall–Kier alpha value is -1.31. The van der Waals surface area contributed by atoms with E-state index in [4.69, 9.17) is 22.5 Å². The fourth-order valence-electron chi connectivity index (χ4n) is 1.14. The van der Waals surface area contributed by atoms with Crippen LogP contribution >= 0.6 is 11.6 Å². The van der Waals surface area contributed by atoms with Crippen LogP contribution in [0.25, 0.3) is 0 Å². The van der Waals surface area contributed by atoms with E-state index in [9.17, 15) is 13.2 Å². The molecule has 0 spiro atoms. The molecule has 0 aliphatic rings. The average molecular weight is 278 g/mol. The number of halogens is 1. The minimum absolute atomic E-state index is 0.0697. The molecule has 0 aromatic heterocycles. The van der Waals surface area contributed by atoms with Crippen LogP contribution in [0.3, 0.4) is 0 Å². The predicted octanol–water partition coefficient (Wildman–Crippen LogP) is -0.0595. The molecule has 1 amide bonds. The Balaban J connectivity index is 2.65. The lowest BCUT2D eigenvalue weighted by Gasteiger charge is -2.07. The number of hydrogen-bond acceptors (Lipinski definition) is 4. The van der Waals surface area contributed by atoms with Gasteiger partial charge in [0.05, 0.1) is 11.3 Å². The molecule has 6 nitrogen and oxygen atoms in total. The first-order chi connectivity index (χ1) is 7.79. The Morgan fingerprint density at radius 2 is 2.06 bits per heavy atom. The molecule has 0 unspecified atom stereocenters. The van der Waals surface area contributed by atoms with Gasteiger partial charge in [-0.15, -0.1) is 0 Å². The van der Waals surface area contributed by atoms with Crippen molar-refractivity contribution >= 4 is 33.2 Å². The van der Waals surface area contributed by atoms with Gasteiger partial charge in [-0.05, 0) is 18.2 Å². The molecule has 94 valence electrons. The first-order valence-corrected chi connectivity index (χ1v) is 6.72. The SMILES string of the molecule is Nc1cc(Cl)ccc1C(=O)NCCS(N)(=O)=O. The molecule has 0 atom stereocenters. The Morgan fingerprint density at radius 1 is 1.41 bits per heavy atom. The number of nitrogen functional groups attached to an aromatic ring is 1. The largest absolute Gasteiger partial charge is 0.398 e. The second-order valence-electron chi connectivity index (χ2n) is 3.35. The minimum Gasteiger partial charge on any atom is -0.398 e. The van der Waals surface area contributed by atoms with Crippen LogP contribution < -0.4 is 16.2 Å². The minimum atomic E-state index is -3.59. The zero-order valence-electron chi connectivity index (χ0n) is 8.81. The third kappa shape index (κ3) is 4.59.